The van der Waals surface area contributed by atoms with Gasteiger partial charge in [0.25, 0.3) is 0 Å². The summed E-state index contributed by atoms with van der Waals surface area (Å²) in [7, 11) is 4.66. The number of aromatic nitrogens is 2. The maximum Gasteiger partial charge on any atom is 0.306 e. The number of rotatable bonds is 5. The molecule has 1 aromatic heterocycles. The van der Waals surface area contributed by atoms with Gasteiger partial charge in [0.2, 0.25) is 5.75 Å². The Kier molecular flexibility index (Phi) is 4.78. The summed E-state index contributed by atoms with van der Waals surface area (Å²) in [4.78, 5) is 22.0. The molecule has 0 bridgehead atoms. The first-order valence-corrected chi connectivity index (χ1v) is 8.02. The van der Waals surface area contributed by atoms with E-state index in [4.69, 9.17) is 14.2 Å². The number of methoxy groups -OCH3 is 3. The average Bonchev–Trinajstić information content (AvgIpc) is 2.65. The van der Waals surface area contributed by atoms with E-state index in [-0.39, 0.29) is 5.92 Å². The molecule has 25 heavy (non-hydrogen) atoms. The summed E-state index contributed by atoms with van der Waals surface area (Å²) >= 11 is 0. The quantitative estimate of drug-likeness (QED) is 0.877. The smallest absolute Gasteiger partial charge is 0.306 e. The molecule has 8 heteroatoms. The van der Waals surface area contributed by atoms with Crippen LogP contribution in [0, 0.1) is 5.92 Å². The molecule has 0 saturated carbocycles. The van der Waals surface area contributed by atoms with Crippen LogP contribution in [0.15, 0.2) is 12.4 Å². The van der Waals surface area contributed by atoms with Crippen LogP contribution in [0.25, 0.3) is 10.9 Å². The van der Waals surface area contributed by atoms with Gasteiger partial charge < -0.3 is 24.2 Å². The number of benzene rings is 1. The predicted molar refractivity (Wildman–Crippen MR) is 91.8 cm³/mol. The Morgan fingerprint density at radius 1 is 1.12 bits per heavy atom. The van der Waals surface area contributed by atoms with E-state index in [0.717, 1.165) is 11.2 Å². The molecule has 1 aromatic carbocycles. The van der Waals surface area contributed by atoms with Crippen LogP contribution >= 0.6 is 0 Å². The van der Waals surface area contributed by atoms with E-state index in [1.54, 1.807) is 21.3 Å². The largest absolute Gasteiger partial charge is 0.493 e. The van der Waals surface area contributed by atoms with E-state index in [0.29, 0.717) is 48.7 Å². The third kappa shape index (κ3) is 2.99. The lowest BCUT2D eigenvalue weighted by Gasteiger charge is -2.31. The summed E-state index contributed by atoms with van der Waals surface area (Å²) in [6.07, 6.45) is 2.66. The van der Waals surface area contributed by atoms with Crippen molar-refractivity contribution in [1.29, 1.82) is 0 Å². The Morgan fingerprint density at radius 2 is 1.80 bits per heavy atom. The summed E-state index contributed by atoms with van der Waals surface area (Å²) in [5.74, 6) is 1.21. The summed E-state index contributed by atoms with van der Waals surface area (Å²) in [6, 6.07) is 1.83. The van der Waals surface area contributed by atoms with Crippen molar-refractivity contribution in [1.82, 2.24) is 9.97 Å². The Labute approximate surface area is 145 Å². The van der Waals surface area contributed by atoms with Gasteiger partial charge in [0.05, 0.1) is 32.6 Å². The lowest BCUT2D eigenvalue weighted by molar-refractivity contribution is -0.142. The van der Waals surface area contributed by atoms with Crippen LogP contribution in [-0.2, 0) is 4.79 Å². The van der Waals surface area contributed by atoms with Crippen molar-refractivity contribution in [2.75, 3.05) is 39.3 Å². The first-order chi connectivity index (χ1) is 12.1. The highest BCUT2D eigenvalue weighted by Gasteiger charge is 2.27. The van der Waals surface area contributed by atoms with Crippen molar-refractivity contribution in [2.45, 2.75) is 12.8 Å². The number of hydrogen-bond acceptors (Lipinski definition) is 7. The second-order valence-corrected chi connectivity index (χ2v) is 5.84. The number of carbonyl (C=O) groups is 1. The van der Waals surface area contributed by atoms with Crippen LogP contribution in [0.3, 0.4) is 0 Å². The van der Waals surface area contributed by atoms with Gasteiger partial charge >= 0.3 is 5.97 Å². The van der Waals surface area contributed by atoms with Crippen molar-refractivity contribution in [2.24, 2.45) is 5.92 Å². The molecular weight excluding hydrogens is 326 g/mol. The summed E-state index contributed by atoms with van der Waals surface area (Å²) in [5.41, 5.74) is 0.630. The number of fused-ring (bicyclic) bond motifs is 1. The fourth-order valence-corrected chi connectivity index (χ4v) is 3.24. The van der Waals surface area contributed by atoms with Gasteiger partial charge in [0.1, 0.15) is 17.7 Å². The zero-order valence-corrected chi connectivity index (χ0v) is 14.5. The number of aliphatic carboxylic acids is 1. The van der Waals surface area contributed by atoms with E-state index in [1.165, 1.54) is 6.33 Å². The molecule has 1 aliphatic rings. The second kappa shape index (κ2) is 7.00. The number of ether oxygens (including phenoxy) is 3. The van der Waals surface area contributed by atoms with Gasteiger partial charge in [-0.05, 0) is 18.9 Å². The highest BCUT2D eigenvalue weighted by atomic mass is 16.5. The number of hydrogen-bond donors (Lipinski definition) is 1. The Hall–Kier alpha value is -2.77. The van der Waals surface area contributed by atoms with Gasteiger partial charge in [-0.15, -0.1) is 0 Å². The Balaban J connectivity index is 2.07. The van der Waals surface area contributed by atoms with Crippen LogP contribution in [-0.4, -0.2) is 55.5 Å². The first-order valence-electron chi connectivity index (χ1n) is 8.02. The third-order valence-electron chi connectivity index (χ3n) is 4.56. The second-order valence-electron chi connectivity index (χ2n) is 5.84. The maximum atomic E-state index is 11.2. The fraction of sp³-hybridized carbons (Fsp3) is 0.471. The Morgan fingerprint density at radius 3 is 2.36 bits per heavy atom. The molecule has 0 amide bonds. The summed E-state index contributed by atoms with van der Waals surface area (Å²) in [6.45, 7) is 1.25. The van der Waals surface area contributed by atoms with Crippen LogP contribution < -0.4 is 19.1 Å². The first kappa shape index (κ1) is 17.1. The van der Waals surface area contributed by atoms with Crippen LogP contribution in [0.5, 0.6) is 17.2 Å². The molecule has 1 fully saturated rings. The summed E-state index contributed by atoms with van der Waals surface area (Å²) in [5, 5.41) is 9.95. The molecule has 2 heterocycles. The highest BCUT2D eigenvalue weighted by molar-refractivity contribution is 5.97. The standard InChI is InChI=1S/C17H21N3O5/c1-23-12-8-11-13(15(25-3)14(12)24-2)18-9-19-16(11)20-6-4-10(5-7-20)17(21)22/h8-10H,4-7H2,1-3H3,(H,21,22). The molecule has 0 unspecified atom stereocenters. The van der Waals surface area contributed by atoms with Gasteiger partial charge in [0.15, 0.2) is 11.5 Å². The number of piperidine rings is 1. The molecule has 0 aliphatic carbocycles. The predicted octanol–water partition coefficient (Wildman–Crippen LogP) is 1.96. The van der Waals surface area contributed by atoms with Gasteiger partial charge in [-0.2, -0.15) is 0 Å². The highest BCUT2D eigenvalue weighted by Crippen LogP contribution is 2.44. The van der Waals surface area contributed by atoms with Crippen molar-refractivity contribution < 1.29 is 24.1 Å². The van der Waals surface area contributed by atoms with Gasteiger partial charge in [-0.1, -0.05) is 0 Å². The average molecular weight is 347 g/mol. The van der Waals surface area contributed by atoms with Crippen molar-refractivity contribution in [3.63, 3.8) is 0 Å². The van der Waals surface area contributed by atoms with Gasteiger partial charge in [0, 0.05) is 13.1 Å². The van der Waals surface area contributed by atoms with E-state index in [9.17, 15) is 9.90 Å². The van der Waals surface area contributed by atoms with Gasteiger partial charge in [-0.3, -0.25) is 4.79 Å². The number of anilines is 1. The topological polar surface area (TPSA) is 94.0 Å². The minimum atomic E-state index is -0.736. The zero-order valence-electron chi connectivity index (χ0n) is 14.5. The molecule has 0 spiro atoms. The third-order valence-corrected chi connectivity index (χ3v) is 4.56. The van der Waals surface area contributed by atoms with Crippen molar-refractivity contribution in [3.05, 3.63) is 12.4 Å². The molecule has 1 N–H and O–H groups in total. The fourth-order valence-electron chi connectivity index (χ4n) is 3.24. The minimum Gasteiger partial charge on any atom is -0.493 e. The van der Waals surface area contributed by atoms with Crippen molar-refractivity contribution >= 4 is 22.7 Å². The van der Waals surface area contributed by atoms with E-state index >= 15 is 0 Å². The summed E-state index contributed by atoms with van der Waals surface area (Å²) < 4.78 is 16.3. The lowest BCUT2D eigenvalue weighted by atomic mass is 9.97. The number of carboxylic acids is 1. The number of carboxylic acid groups (broad SMARTS) is 1. The SMILES string of the molecule is COc1cc2c(N3CCC(C(=O)O)CC3)ncnc2c(OC)c1OC. The molecule has 2 aromatic rings. The van der Waals surface area contributed by atoms with E-state index in [1.807, 2.05) is 6.07 Å². The number of nitrogens with zero attached hydrogens (tertiary/aromatic N) is 3. The molecule has 8 nitrogen and oxygen atoms in total. The van der Waals surface area contributed by atoms with E-state index in [2.05, 4.69) is 14.9 Å². The monoisotopic (exact) mass is 347 g/mol. The molecule has 3 rings (SSSR count). The molecule has 0 atom stereocenters. The molecule has 134 valence electrons. The van der Waals surface area contributed by atoms with Crippen LogP contribution in [0.2, 0.25) is 0 Å². The van der Waals surface area contributed by atoms with E-state index < -0.39 is 5.97 Å². The zero-order chi connectivity index (χ0) is 18.0. The Bertz CT molecular complexity index is 787. The molecule has 1 saturated heterocycles. The minimum absolute atomic E-state index is 0.298. The van der Waals surface area contributed by atoms with Crippen LogP contribution in [0.1, 0.15) is 12.8 Å². The molecule has 1 aliphatic heterocycles. The van der Waals surface area contributed by atoms with Crippen LogP contribution in [0.4, 0.5) is 5.82 Å². The van der Waals surface area contributed by atoms with Gasteiger partial charge in [-0.25, -0.2) is 9.97 Å². The lowest BCUT2D eigenvalue weighted by Crippen LogP contribution is -2.36. The normalized spacial score (nSPS) is 15.2. The maximum absolute atomic E-state index is 11.2. The molecular formula is C17H21N3O5. The van der Waals surface area contributed by atoms with Crippen molar-refractivity contribution in [3.8, 4) is 17.2 Å². The molecule has 0 radical (unpaired) electrons.